The molecule has 0 saturated heterocycles. The second-order valence-corrected chi connectivity index (χ2v) is 8.72. The summed E-state index contributed by atoms with van der Waals surface area (Å²) >= 11 is 0. The molecule has 1 aromatic heterocycles. The zero-order valence-corrected chi connectivity index (χ0v) is 16.2. The highest BCUT2D eigenvalue weighted by atomic mass is 32.2. The number of benzene rings is 1. The summed E-state index contributed by atoms with van der Waals surface area (Å²) in [6.45, 7) is 3.73. The number of fused-ring (bicyclic) bond motifs is 1. The van der Waals surface area contributed by atoms with E-state index in [0.717, 1.165) is 18.4 Å². The van der Waals surface area contributed by atoms with E-state index in [1.165, 1.54) is 11.1 Å². The van der Waals surface area contributed by atoms with Crippen molar-refractivity contribution in [1.82, 2.24) is 9.97 Å². The molecular weight excluding hydrogens is 366 g/mol. The predicted molar refractivity (Wildman–Crippen MR) is 102 cm³/mol. The number of sulfonamides is 1. The molecule has 142 valence electrons. The minimum atomic E-state index is -3.77. The Bertz CT molecular complexity index is 1000. The molecule has 2 aromatic rings. The molecule has 9 heteroatoms. The third kappa shape index (κ3) is 3.12. The van der Waals surface area contributed by atoms with Gasteiger partial charge >= 0.3 is 0 Å². The van der Waals surface area contributed by atoms with Crippen LogP contribution in [0.5, 0.6) is 0 Å². The van der Waals surface area contributed by atoms with Gasteiger partial charge in [0.25, 0.3) is 10.0 Å². The molecular formula is C18H21N5O3S. The Hall–Kier alpha value is -2.68. The van der Waals surface area contributed by atoms with E-state index in [1.807, 2.05) is 18.7 Å². The zero-order valence-electron chi connectivity index (χ0n) is 15.4. The van der Waals surface area contributed by atoms with Crippen molar-refractivity contribution in [2.45, 2.75) is 43.7 Å². The van der Waals surface area contributed by atoms with Crippen LogP contribution in [-0.2, 0) is 14.8 Å². The summed E-state index contributed by atoms with van der Waals surface area (Å²) in [6, 6.07) is 6.47. The number of carbonyl (C=O) groups is 1. The van der Waals surface area contributed by atoms with Gasteiger partial charge in [0, 0.05) is 13.1 Å². The number of aromatic nitrogens is 2. The molecule has 0 bridgehead atoms. The quantitative estimate of drug-likeness (QED) is 0.861. The van der Waals surface area contributed by atoms with Crippen molar-refractivity contribution in [3.05, 3.63) is 36.0 Å². The molecule has 1 atom stereocenters. The first-order chi connectivity index (χ1) is 12.8. The van der Waals surface area contributed by atoms with Crippen LogP contribution in [0.15, 0.2) is 35.4 Å². The Morgan fingerprint density at radius 2 is 1.81 bits per heavy atom. The van der Waals surface area contributed by atoms with Crippen LogP contribution in [0.2, 0.25) is 0 Å². The third-order valence-electron chi connectivity index (χ3n) is 4.91. The lowest BCUT2D eigenvalue weighted by Crippen LogP contribution is -2.52. The second-order valence-electron chi connectivity index (χ2n) is 7.03. The van der Waals surface area contributed by atoms with E-state index in [-0.39, 0.29) is 28.7 Å². The number of aryl methyl sites for hydroxylation is 1. The maximum atomic E-state index is 12.6. The predicted octanol–water partition coefficient (Wildman–Crippen LogP) is 1.92. The summed E-state index contributed by atoms with van der Waals surface area (Å²) < 4.78 is 27.8. The zero-order chi connectivity index (χ0) is 19.3. The fraction of sp³-hybridized carbons (Fsp3) is 0.389. The van der Waals surface area contributed by atoms with Gasteiger partial charge in [-0.25, -0.2) is 18.4 Å². The van der Waals surface area contributed by atoms with Crippen LogP contribution in [0.1, 0.15) is 25.3 Å². The number of anilines is 3. The van der Waals surface area contributed by atoms with Gasteiger partial charge in [0.1, 0.15) is 6.04 Å². The van der Waals surface area contributed by atoms with Crippen LogP contribution >= 0.6 is 0 Å². The molecule has 1 aromatic carbocycles. The number of likely N-dealkylation sites (N-methyl/N-ethyl adjacent to an activating group) is 1. The van der Waals surface area contributed by atoms with Crippen molar-refractivity contribution < 1.29 is 13.2 Å². The molecule has 1 aliphatic heterocycles. The first-order valence-electron chi connectivity index (χ1n) is 8.80. The van der Waals surface area contributed by atoms with Crippen molar-refractivity contribution >= 4 is 33.4 Å². The highest BCUT2D eigenvalue weighted by Crippen LogP contribution is 2.40. The first-order valence-corrected chi connectivity index (χ1v) is 10.3. The van der Waals surface area contributed by atoms with Crippen LogP contribution in [0.3, 0.4) is 0 Å². The lowest BCUT2D eigenvalue weighted by Gasteiger charge is -2.38. The molecule has 1 saturated carbocycles. The van der Waals surface area contributed by atoms with Crippen molar-refractivity contribution in [3.63, 3.8) is 0 Å². The van der Waals surface area contributed by atoms with Crippen molar-refractivity contribution in [1.29, 1.82) is 0 Å². The first kappa shape index (κ1) is 17.7. The molecule has 27 heavy (non-hydrogen) atoms. The van der Waals surface area contributed by atoms with Gasteiger partial charge in [0.2, 0.25) is 5.91 Å². The molecule has 0 radical (unpaired) electrons. The fourth-order valence-corrected chi connectivity index (χ4v) is 4.26. The monoisotopic (exact) mass is 387 g/mol. The Morgan fingerprint density at radius 1 is 1.15 bits per heavy atom. The summed E-state index contributed by atoms with van der Waals surface area (Å²) in [4.78, 5) is 24.9. The summed E-state index contributed by atoms with van der Waals surface area (Å²) in [5, 5.41) is 0. The Balaban J connectivity index is 1.70. The van der Waals surface area contributed by atoms with Gasteiger partial charge in [-0.1, -0.05) is 17.7 Å². The third-order valence-corrected chi connectivity index (χ3v) is 6.28. The topological polar surface area (TPSA) is 95.5 Å². The molecule has 4 rings (SSSR count). The molecule has 1 unspecified atom stereocenters. The van der Waals surface area contributed by atoms with Crippen molar-refractivity contribution in [2.24, 2.45) is 0 Å². The minimum absolute atomic E-state index is 0.0447. The number of hydrogen-bond acceptors (Lipinski definition) is 6. The molecule has 0 spiro atoms. The highest BCUT2D eigenvalue weighted by Gasteiger charge is 2.43. The molecule has 2 aliphatic rings. The smallest absolute Gasteiger partial charge is 0.263 e. The molecule has 1 N–H and O–H groups in total. The van der Waals surface area contributed by atoms with Crippen LogP contribution in [0, 0.1) is 6.92 Å². The maximum absolute atomic E-state index is 12.6. The van der Waals surface area contributed by atoms with E-state index in [9.17, 15) is 13.2 Å². The average Bonchev–Trinajstić information content (AvgIpc) is 3.45. The molecule has 1 fully saturated rings. The second kappa shape index (κ2) is 6.19. The lowest BCUT2D eigenvalue weighted by molar-refractivity contribution is -0.119. The number of amides is 1. The Kier molecular flexibility index (Phi) is 4.06. The van der Waals surface area contributed by atoms with Crippen molar-refractivity contribution in [2.75, 3.05) is 21.6 Å². The van der Waals surface area contributed by atoms with Crippen molar-refractivity contribution in [3.8, 4) is 0 Å². The van der Waals surface area contributed by atoms with Gasteiger partial charge in [0.05, 0.1) is 11.1 Å². The van der Waals surface area contributed by atoms with E-state index >= 15 is 0 Å². The number of carbonyl (C=O) groups excluding carboxylic acids is 1. The van der Waals surface area contributed by atoms with Gasteiger partial charge in [0.15, 0.2) is 17.5 Å². The average molecular weight is 387 g/mol. The summed E-state index contributed by atoms with van der Waals surface area (Å²) in [7, 11) is -2.11. The Morgan fingerprint density at radius 3 is 2.44 bits per heavy atom. The maximum Gasteiger partial charge on any atom is 0.263 e. The standard InChI is InChI=1S/C18H21N5O3S/c1-11-4-8-14(9-5-11)27(25,26)21-15-10-19-16-17(20-15)23(13-6-7-13)12(2)18(24)22(16)3/h4-5,8-10,12-13H,6-7H2,1-3H3,(H,20,21). The van der Waals surface area contributed by atoms with Gasteiger partial charge < -0.3 is 4.90 Å². The van der Waals surface area contributed by atoms with E-state index in [1.54, 1.807) is 31.3 Å². The van der Waals surface area contributed by atoms with Gasteiger partial charge in [-0.15, -0.1) is 0 Å². The summed E-state index contributed by atoms with van der Waals surface area (Å²) in [5.41, 5.74) is 0.976. The summed E-state index contributed by atoms with van der Waals surface area (Å²) in [6.07, 6.45) is 3.32. The van der Waals surface area contributed by atoms with Gasteiger partial charge in [-0.3, -0.25) is 14.4 Å². The fourth-order valence-electron chi connectivity index (χ4n) is 3.27. The van der Waals surface area contributed by atoms with Crippen LogP contribution < -0.4 is 14.5 Å². The summed E-state index contributed by atoms with van der Waals surface area (Å²) in [5.74, 6) is 1.08. The number of nitrogens with zero attached hydrogens (tertiary/aromatic N) is 4. The molecule has 2 heterocycles. The highest BCUT2D eigenvalue weighted by molar-refractivity contribution is 7.92. The number of hydrogen-bond donors (Lipinski definition) is 1. The minimum Gasteiger partial charge on any atom is -0.339 e. The molecule has 1 amide bonds. The van der Waals surface area contributed by atoms with Gasteiger partial charge in [-0.05, 0) is 38.8 Å². The molecule has 8 nitrogen and oxygen atoms in total. The SMILES string of the molecule is Cc1ccc(S(=O)(=O)Nc2cnc3c(n2)N(C2CC2)C(C)C(=O)N3C)cc1. The Labute approximate surface area is 158 Å². The van der Waals surface area contributed by atoms with Crippen LogP contribution in [-0.4, -0.2) is 43.4 Å². The van der Waals surface area contributed by atoms with E-state index in [2.05, 4.69) is 14.7 Å². The normalized spacial score (nSPS) is 19.8. The van der Waals surface area contributed by atoms with E-state index in [0.29, 0.717) is 11.6 Å². The molecule has 1 aliphatic carbocycles. The van der Waals surface area contributed by atoms with Gasteiger partial charge in [-0.2, -0.15) is 0 Å². The number of nitrogens with one attached hydrogen (secondary N) is 1. The van der Waals surface area contributed by atoms with E-state index < -0.39 is 10.0 Å². The number of rotatable bonds is 4. The van der Waals surface area contributed by atoms with Crippen LogP contribution in [0.4, 0.5) is 17.5 Å². The van der Waals surface area contributed by atoms with Crippen LogP contribution in [0.25, 0.3) is 0 Å². The largest absolute Gasteiger partial charge is 0.339 e. The van der Waals surface area contributed by atoms with E-state index in [4.69, 9.17) is 0 Å². The lowest BCUT2D eigenvalue weighted by atomic mass is 10.2.